The highest BCUT2D eigenvalue weighted by molar-refractivity contribution is 5.52. The van der Waals surface area contributed by atoms with Crippen LogP contribution >= 0.6 is 0 Å². The van der Waals surface area contributed by atoms with Crippen LogP contribution in [0.25, 0.3) is 5.69 Å². The minimum atomic E-state index is -0.749. The van der Waals surface area contributed by atoms with Crippen molar-refractivity contribution < 1.29 is 14.6 Å². The van der Waals surface area contributed by atoms with Crippen molar-refractivity contribution in [3.05, 3.63) is 44.6 Å². The van der Waals surface area contributed by atoms with Crippen LogP contribution in [0.15, 0.2) is 27.8 Å². The first kappa shape index (κ1) is 13.7. The number of aromatic nitrogens is 2. The lowest BCUT2D eigenvalue weighted by Gasteiger charge is -2.14. The molecule has 1 heterocycles. The predicted octanol–water partition coefficient (Wildman–Crippen LogP) is 0.557. The first-order valence-corrected chi connectivity index (χ1v) is 5.77. The van der Waals surface area contributed by atoms with E-state index in [-0.39, 0.29) is 5.56 Å². The van der Waals surface area contributed by atoms with Gasteiger partial charge in [-0.25, -0.2) is 9.36 Å². The van der Waals surface area contributed by atoms with Gasteiger partial charge < -0.3 is 14.6 Å². The Balaban J connectivity index is 2.78. The number of aromatic amines is 1. The average Bonchev–Trinajstić information content (AvgIpc) is 2.45. The van der Waals surface area contributed by atoms with Crippen molar-refractivity contribution >= 4 is 0 Å². The van der Waals surface area contributed by atoms with Crippen molar-refractivity contribution in [1.82, 2.24) is 9.55 Å². The minimum absolute atomic E-state index is 0.0440. The van der Waals surface area contributed by atoms with E-state index in [1.807, 2.05) is 0 Å². The third kappa shape index (κ3) is 2.13. The third-order valence-electron chi connectivity index (χ3n) is 2.94. The molecule has 1 aromatic carbocycles. The molecule has 2 rings (SSSR count). The van der Waals surface area contributed by atoms with Crippen LogP contribution in [0, 0.1) is 6.92 Å². The maximum absolute atomic E-state index is 11.9. The number of aromatic hydroxyl groups is 1. The first-order chi connectivity index (χ1) is 9.49. The van der Waals surface area contributed by atoms with Gasteiger partial charge in [-0.3, -0.25) is 9.78 Å². The summed E-state index contributed by atoms with van der Waals surface area (Å²) in [6.07, 6.45) is 0. The second kappa shape index (κ2) is 5.12. The molecule has 106 valence electrons. The Morgan fingerprint density at radius 3 is 2.50 bits per heavy atom. The number of rotatable bonds is 3. The van der Waals surface area contributed by atoms with E-state index in [1.54, 1.807) is 18.2 Å². The highest BCUT2D eigenvalue weighted by Gasteiger charge is 2.16. The van der Waals surface area contributed by atoms with Crippen LogP contribution in [0.2, 0.25) is 0 Å². The van der Waals surface area contributed by atoms with Gasteiger partial charge in [-0.2, -0.15) is 0 Å². The van der Waals surface area contributed by atoms with Crippen LogP contribution in [0.3, 0.4) is 0 Å². The molecule has 0 unspecified atom stereocenters. The number of nitrogens with one attached hydrogen (secondary N) is 1. The third-order valence-corrected chi connectivity index (χ3v) is 2.94. The zero-order valence-electron chi connectivity index (χ0n) is 11.3. The lowest BCUT2D eigenvalue weighted by atomic mass is 10.2. The maximum Gasteiger partial charge on any atom is 0.335 e. The smallest absolute Gasteiger partial charge is 0.335 e. The fraction of sp³-hybridized carbons (Fsp3) is 0.231. The molecule has 2 N–H and O–H groups in total. The van der Waals surface area contributed by atoms with E-state index in [9.17, 15) is 14.7 Å². The standard InChI is InChI=1S/C13H14N2O5/c1-7-11(16)14-13(18)15(12(7)17)9-5-4-8(19-2)6-10(9)20-3/h4-6,17H,1-3H3,(H,14,16,18). The van der Waals surface area contributed by atoms with E-state index >= 15 is 0 Å². The number of benzene rings is 1. The zero-order valence-corrected chi connectivity index (χ0v) is 11.3. The highest BCUT2D eigenvalue weighted by Crippen LogP contribution is 2.29. The van der Waals surface area contributed by atoms with Gasteiger partial charge in [-0.15, -0.1) is 0 Å². The Bertz CT molecular complexity index is 760. The monoisotopic (exact) mass is 278 g/mol. The van der Waals surface area contributed by atoms with E-state index in [0.29, 0.717) is 17.2 Å². The number of nitrogens with zero attached hydrogens (tertiary/aromatic N) is 1. The highest BCUT2D eigenvalue weighted by atomic mass is 16.5. The Morgan fingerprint density at radius 2 is 1.90 bits per heavy atom. The average molecular weight is 278 g/mol. The Labute approximate surface area is 114 Å². The molecular weight excluding hydrogens is 264 g/mol. The Kier molecular flexibility index (Phi) is 3.51. The summed E-state index contributed by atoms with van der Waals surface area (Å²) < 4.78 is 11.2. The molecule has 1 aromatic heterocycles. The summed E-state index contributed by atoms with van der Waals surface area (Å²) in [5, 5.41) is 10.0. The van der Waals surface area contributed by atoms with Crippen LogP contribution in [0.4, 0.5) is 0 Å². The Morgan fingerprint density at radius 1 is 1.20 bits per heavy atom. The van der Waals surface area contributed by atoms with E-state index in [0.717, 1.165) is 4.57 Å². The molecule has 0 saturated carbocycles. The molecule has 0 amide bonds. The predicted molar refractivity (Wildman–Crippen MR) is 72.2 cm³/mol. The SMILES string of the molecule is COc1ccc(-n2c(O)c(C)c(=O)[nH]c2=O)c(OC)c1. The molecule has 0 atom stereocenters. The molecule has 0 aliphatic heterocycles. The minimum Gasteiger partial charge on any atom is -0.497 e. The van der Waals surface area contributed by atoms with Gasteiger partial charge in [-0.05, 0) is 19.1 Å². The molecule has 7 nitrogen and oxygen atoms in total. The van der Waals surface area contributed by atoms with Crippen LogP contribution in [-0.2, 0) is 0 Å². The van der Waals surface area contributed by atoms with Crippen molar-refractivity contribution in [2.24, 2.45) is 0 Å². The molecular formula is C13H14N2O5. The summed E-state index contributed by atoms with van der Waals surface area (Å²) in [5.41, 5.74) is -1.03. The van der Waals surface area contributed by atoms with Crippen molar-refractivity contribution in [3.8, 4) is 23.1 Å². The van der Waals surface area contributed by atoms with Gasteiger partial charge in [0.05, 0.1) is 25.5 Å². The summed E-state index contributed by atoms with van der Waals surface area (Å²) in [7, 11) is 2.93. The number of H-pyrrole nitrogens is 1. The largest absolute Gasteiger partial charge is 0.497 e. The van der Waals surface area contributed by atoms with E-state index < -0.39 is 17.1 Å². The number of hydrogen-bond acceptors (Lipinski definition) is 5. The van der Waals surface area contributed by atoms with Crippen LogP contribution in [0.1, 0.15) is 5.56 Å². The van der Waals surface area contributed by atoms with E-state index in [1.165, 1.54) is 21.1 Å². The fourth-order valence-electron chi connectivity index (χ4n) is 1.81. The lowest BCUT2D eigenvalue weighted by Crippen LogP contribution is -2.30. The summed E-state index contributed by atoms with van der Waals surface area (Å²) in [5.74, 6) is 0.440. The summed E-state index contributed by atoms with van der Waals surface area (Å²) in [6.45, 7) is 1.42. The molecule has 7 heteroatoms. The van der Waals surface area contributed by atoms with Gasteiger partial charge in [0.15, 0.2) is 0 Å². The van der Waals surface area contributed by atoms with Crippen molar-refractivity contribution in [3.63, 3.8) is 0 Å². The van der Waals surface area contributed by atoms with Gasteiger partial charge in [-0.1, -0.05) is 0 Å². The number of hydrogen-bond donors (Lipinski definition) is 2. The first-order valence-electron chi connectivity index (χ1n) is 5.77. The topological polar surface area (TPSA) is 93.5 Å². The summed E-state index contributed by atoms with van der Waals surface area (Å²) >= 11 is 0. The molecule has 0 bridgehead atoms. The van der Waals surface area contributed by atoms with Gasteiger partial charge in [0.25, 0.3) is 5.56 Å². The molecule has 0 saturated heterocycles. The second-order valence-electron chi connectivity index (χ2n) is 4.08. The number of ether oxygens (including phenoxy) is 2. The fourth-order valence-corrected chi connectivity index (χ4v) is 1.81. The lowest BCUT2D eigenvalue weighted by molar-refractivity contribution is 0.387. The van der Waals surface area contributed by atoms with Crippen molar-refractivity contribution in [1.29, 1.82) is 0 Å². The number of methoxy groups -OCH3 is 2. The molecule has 0 aliphatic carbocycles. The van der Waals surface area contributed by atoms with Gasteiger partial charge in [0, 0.05) is 6.07 Å². The van der Waals surface area contributed by atoms with Gasteiger partial charge in [0.1, 0.15) is 11.5 Å². The summed E-state index contributed by atoms with van der Waals surface area (Å²) in [4.78, 5) is 25.4. The van der Waals surface area contributed by atoms with Crippen molar-refractivity contribution in [2.75, 3.05) is 14.2 Å². The molecule has 0 aliphatic rings. The summed E-state index contributed by atoms with van der Waals surface area (Å²) in [6, 6.07) is 4.74. The van der Waals surface area contributed by atoms with Crippen LogP contribution < -0.4 is 20.7 Å². The molecule has 0 spiro atoms. The maximum atomic E-state index is 11.9. The van der Waals surface area contributed by atoms with Crippen molar-refractivity contribution in [2.45, 2.75) is 6.92 Å². The molecule has 2 aromatic rings. The van der Waals surface area contributed by atoms with Gasteiger partial charge >= 0.3 is 5.69 Å². The molecule has 0 radical (unpaired) electrons. The quantitative estimate of drug-likeness (QED) is 0.855. The second-order valence-corrected chi connectivity index (χ2v) is 4.08. The molecule has 0 fully saturated rings. The zero-order chi connectivity index (χ0) is 14.9. The van der Waals surface area contributed by atoms with Crippen LogP contribution in [0.5, 0.6) is 17.4 Å². The molecule has 20 heavy (non-hydrogen) atoms. The van der Waals surface area contributed by atoms with Gasteiger partial charge in [0.2, 0.25) is 5.88 Å². The van der Waals surface area contributed by atoms with E-state index in [2.05, 4.69) is 4.98 Å². The Hall–Kier alpha value is -2.70. The van der Waals surface area contributed by atoms with E-state index in [4.69, 9.17) is 9.47 Å². The normalized spacial score (nSPS) is 10.3. The van der Waals surface area contributed by atoms with Crippen LogP contribution in [-0.4, -0.2) is 28.9 Å².